The lowest BCUT2D eigenvalue weighted by molar-refractivity contribution is 0.0645. The first-order valence-corrected chi connectivity index (χ1v) is 8.19. The van der Waals surface area contributed by atoms with Crippen LogP contribution in [0.25, 0.3) is 0 Å². The van der Waals surface area contributed by atoms with Gasteiger partial charge < -0.3 is 14.4 Å². The third-order valence-electron chi connectivity index (χ3n) is 3.78. The summed E-state index contributed by atoms with van der Waals surface area (Å²) in [6.45, 7) is 10.6. The highest BCUT2D eigenvalue weighted by atomic mass is 16.7. The Morgan fingerprint density at radius 2 is 1.71 bits per heavy atom. The van der Waals surface area contributed by atoms with E-state index in [1.165, 1.54) is 0 Å². The second-order valence-corrected chi connectivity index (χ2v) is 6.02. The third-order valence-corrected chi connectivity index (χ3v) is 3.78. The molecule has 0 aliphatic rings. The van der Waals surface area contributed by atoms with Crippen LogP contribution in [0.1, 0.15) is 30.5 Å². The van der Waals surface area contributed by atoms with Crippen LogP contribution in [0, 0.1) is 20.8 Å². The zero-order valence-corrected chi connectivity index (χ0v) is 15.0. The molecule has 0 heterocycles. The van der Waals surface area contributed by atoms with E-state index in [9.17, 15) is 4.79 Å². The maximum absolute atomic E-state index is 12.1. The average molecular weight is 327 g/mol. The van der Waals surface area contributed by atoms with E-state index in [-0.39, 0.29) is 0 Å². The van der Waals surface area contributed by atoms with Gasteiger partial charge in [-0.2, -0.15) is 0 Å². The number of hydrogen-bond acceptors (Lipinski definition) is 4. The molecule has 0 N–H and O–H groups in total. The molecule has 1 unspecified atom stereocenters. The normalized spacial score (nSPS) is 11.7. The van der Waals surface area contributed by atoms with E-state index >= 15 is 0 Å². The average Bonchev–Trinajstić information content (AvgIpc) is 2.46. The molecule has 4 heteroatoms. The molecular formula is C20H25NO3. The fourth-order valence-electron chi connectivity index (χ4n) is 2.77. The van der Waals surface area contributed by atoms with Gasteiger partial charge in [0.15, 0.2) is 6.23 Å². The summed E-state index contributed by atoms with van der Waals surface area (Å²) in [6, 6.07) is 13.8. The van der Waals surface area contributed by atoms with Gasteiger partial charge in [0.05, 0.1) is 0 Å². The third kappa shape index (κ3) is 4.75. The molecular weight excluding hydrogens is 302 g/mol. The zero-order chi connectivity index (χ0) is 17.7. The lowest BCUT2D eigenvalue weighted by Gasteiger charge is -2.29. The quantitative estimate of drug-likeness (QED) is 0.440. The van der Waals surface area contributed by atoms with E-state index in [1.807, 2.05) is 75.9 Å². The SMILES string of the molecule is CCN(c1cccc(C)c1)C(C)OC(=O)Oc1cc(C)cc(C)c1. The highest BCUT2D eigenvalue weighted by Crippen LogP contribution is 2.20. The molecule has 24 heavy (non-hydrogen) atoms. The summed E-state index contributed by atoms with van der Waals surface area (Å²) >= 11 is 0. The standard InChI is InChI=1S/C20H25NO3/c1-6-21(18-9-7-8-14(2)11-18)17(5)23-20(22)24-19-12-15(3)10-16(4)13-19/h7-13,17H,6H2,1-5H3. The second kappa shape index (κ2) is 7.86. The number of nitrogens with zero attached hydrogens (tertiary/aromatic N) is 1. The molecule has 0 aliphatic heterocycles. The molecule has 0 saturated heterocycles. The Morgan fingerprint density at radius 1 is 1.04 bits per heavy atom. The highest BCUT2D eigenvalue weighted by molar-refractivity contribution is 5.65. The van der Waals surface area contributed by atoms with Crippen LogP contribution in [0.3, 0.4) is 0 Å². The van der Waals surface area contributed by atoms with Gasteiger partial charge in [0, 0.05) is 12.2 Å². The molecule has 0 aromatic heterocycles. The molecule has 0 bridgehead atoms. The largest absolute Gasteiger partial charge is 0.515 e. The minimum atomic E-state index is -0.696. The van der Waals surface area contributed by atoms with Crippen molar-refractivity contribution in [2.45, 2.75) is 40.8 Å². The van der Waals surface area contributed by atoms with E-state index in [0.717, 1.165) is 28.9 Å². The van der Waals surface area contributed by atoms with Crippen molar-refractivity contribution in [2.75, 3.05) is 11.4 Å². The first-order chi connectivity index (χ1) is 11.4. The minimum absolute atomic E-state index is 0.421. The zero-order valence-electron chi connectivity index (χ0n) is 15.0. The van der Waals surface area contributed by atoms with Crippen LogP contribution in [-0.2, 0) is 4.74 Å². The number of aryl methyl sites for hydroxylation is 3. The van der Waals surface area contributed by atoms with E-state index in [1.54, 1.807) is 0 Å². The Kier molecular flexibility index (Phi) is 5.85. The smallest absolute Gasteiger partial charge is 0.410 e. The molecule has 0 saturated carbocycles. The summed E-state index contributed by atoms with van der Waals surface area (Å²) in [6.07, 6.45) is -1.12. The molecule has 128 valence electrons. The summed E-state index contributed by atoms with van der Waals surface area (Å²) in [4.78, 5) is 14.1. The monoisotopic (exact) mass is 327 g/mol. The summed E-state index contributed by atoms with van der Waals surface area (Å²) in [5.41, 5.74) is 4.27. The lowest BCUT2D eigenvalue weighted by Crippen LogP contribution is -2.37. The van der Waals surface area contributed by atoms with Crippen LogP contribution >= 0.6 is 0 Å². The lowest BCUT2D eigenvalue weighted by atomic mass is 10.1. The van der Waals surface area contributed by atoms with Crippen molar-refractivity contribution >= 4 is 11.8 Å². The minimum Gasteiger partial charge on any atom is -0.410 e. The van der Waals surface area contributed by atoms with Crippen LogP contribution in [0.5, 0.6) is 5.75 Å². The van der Waals surface area contributed by atoms with Crippen molar-refractivity contribution in [2.24, 2.45) is 0 Å². The van der Waals surface area contributed by atoms with E-state index in [4.69, 9.17) is 9.47 Å². The van der Waals surface area contributed by atoms with Gasteiger partial charge in [0.1, 0.15) is 5.75 Å². The second-order valence-electron chi connectivity index (χ2n) is 6.02. The van der Waals surface area contributed by atoms with Gasteiger partial charge in [-0.3, -0.25) is 0 Å². The van der Waals surface area contributed by atoms with Gasteiger partial charge in [-0.1, -0.05) is 18.2 Å². The molecule has 0 radical (unpaired) electrons. The topological polar surface area (TPSA) is 38.8 Å². The predicted molar refractivity (Wildman–Crippen MR) is 96.7 cm³/mol. The number of carbonyl (C=O) groups is 1. The maximum Gasteiger partial charge on any atom is 0.515 e. The summed E-state index contributed by atoms with van der Waals surface area (Å²) < 4.78 is 10.8. The Labute approximate surface area is 144 Å². The van der Waals surface area contributed by atoms with Crippen LogP contribution in [0.15, 0.2) is 42.5 Å². The van der Waals surface area contributed by atoms with Gasteiger partial charge in [0.2, 0.25) is 0 Å². The molecule has 0 amide bonds. The first kappa shape index (κ1) is 17.9. The fourth-order valence-corrected chi connectivity index (χ4v) is 2.77. The van der Waals surface area contributed by atoms with Crippen LogP contribution in [0.4, 0.5) is 10.5 Å². The predicted octanol–water partition coefficient (Wildman–Crippen LogP) is 5.00. The summed E-state index contributed by atoms with van der Waals surface area (Å²) in [5.74, 6) is 0.503. The van der Waals surface area contributed by atoms with Crippen molar-refractivity contribution in [3.8, 4) is 5.75 Å². The van der Waals surface area contributed by atoms with Gasteiger partial charge in [-0.25, -0.2) is 4.79 Å². The van der Waals surface area contributed by atoms with Crippen molar-refractivity contribution in [3.63, 3.8) is 0 Å². The van der Waals surface area contributed by atoms with E-state index in [2.05, 4.69) is 6.07 Å². The number of benzene rings is 2. The van der Waals surface area contributed by atoms with Crippen molar-refractivity contribution in [1.82, 2.24) is 0 Å². The van der Waals surface area contributed by atoms with Crippen molar-refractivity contribution < 1.29 is 14.3 Å². The molecule has 2 aromatic carbocycles. The molecule has 2 rings (SSSR count). The Bertz CT molecular complexity index is 692. The van der Waals surface area contributed by atoms with Crippen molar-refractivity contribution in [1.29, 1.82) is 0 Å². The first-order valence-electron chi connectivity index (χ1n) is 8.19. The van der Waals surface area contributed by atoms with Crippen LogP contribution in [0.2, 0.25) is 0 Å². The number of ether oxygens (including phenoxy) is 2. The van der Waals surface area contributed by atoms with Crippen LogP contribution in [-0.4, -0.2) is 18.9 Å². The summed E-state index contributed by atoms with van der Waals surface area (Å²) in [7, 11) is 0. The highest BCUT2D eigenvalue weighted by Gasteiger charge is 2.18. The molecule has 0 spiro atoms. The van der Waals surface area contributed by atoms with Gasteiger partial charge in [0.25, 0.3) is 0 Å². The number of anilines is 1. The molecule has 4 nitrogen and oxygen atoms in total. The number of carbonyl (C=O) groups excluding carboxylic acids is 1. The molecule has 0 fully saturated rings. The van der Waals surface area contributed by atoms with E-state index < -0.39 is 12.4 Å². The van der Waals surface area contributed by atoms with Gasteiger partial charge >= 0.3 is 6.16 Å². The van der Waals surface area contributed by atoms with Crippen LogP contribution < -0.4 is 9.64 Å². The van der Waals surface area contributed by atoms with Gasteiger partial charge in [-0.15, -0.1) is 0 Å². The molecule has 1 atom stereocenters. The Balaban J connectivity index is 2.04. The fraction of sp³-hybridized carbons (Fsp3) is 0.350. The molecule has 0 aliphatic carbocycles. The Morgan fingerprint density at radius 3 is 2.29 bits per heavy atom. The van der Waals surface area contributed by atoms with E-state index in [0.29, 0.717) is 5.75 Å². The van der Waals surface area contributed by atoms with Gasteiger partial charge in [-0.05, 0) is 75.6 Å². The maximum atomic E-state index is 12.1. The number of hydrogen-bond donors (Lipinski definition) is 0. The summed E-state index contributed by atoms with van der Waals surface area (Å²) in [5, 5.41) is 0. The van der Waals surface area contributed by atoms with Crippen molar-refractivity contribution in [3.05, 3.63) is 59.2 Å². The number of rotatable bonds is 5. The Hall–Kier alpha value is -2.49. The molecule has 2 aromatic rings.